The lowest BCUT2D eigenvalue weighted by Crippen LogP contribution is -2.34. The Bertz CT molecular complexity index is 690. The Morgan fingerprint density at radius 2 is 1.84 bits per heavy atom. The highest BCUT2D eigenvalue weighted by atomic mass is 35.5. The molecule has 140 valence electrons. The maximum atomic E-state index is 10.9. The Kier molecular flexibility index (Phi) is 6.03. The average Bonchev–Trinajstić information content (AvgIpc) is 2.86. The van der Waals surface area contributed by atoms with Crippen LogP contribution >= 0.6 is 11.6 Å². The summed E-state index contributed by atoms with van der Waals surface area (Å²) < 4.78 is 45.3. The Hall–Kier alpha value is -0.700. The normalized spacial score (nSPS) is 26.2. The fourth-order valence-electron chi connectivity index (χ4n) is 3.69. The van der Waals surface area contributed by atoms with Crippen molar-refractivity contribution >= 4 is 21.9 Å². The Labute approximate surface area is 153 Å². The minimum absolute atomic E-state index is 0.0992. The fraction of sp³-hybridized carbons (Fsp3) is 0.647. The van der Waals surface area contributed by atoms with Crippen molar-refractivity contribution in [3.05, 3.63) is 34.9 Å². The first-order chi connectivity index (χ1) is 11.9. The molecule has 2 N–H and O–H groups in total. The van der Waals surface area contributed by atoms with Gasteiger partial charge in [0.1, 0.15) is 0 Å². The number of ether oxygens (including phenoxy) is 2. The lowest BCUT2D eigenvalue weighted by Gasteiger charge is -2.32. The van der Waals surface area contributed by atoms with E-state index in [1.54, 1.807) is 0 Å². The largest absolute Gasteiger partial charge is 0.344 e. The molecule has 0 bridgehead atoms. The van der Waals surface area contributed by atoms with E-state index in [0.717, 1.165) is 31.2 Å². The number of hydrogen-bond donors (Lipinski definition) is 2. The molecule has 0 aromatic heterocycles. The van der Waals surface area contributed by atoms with Crippen LogP contribution in [-0.4, -0.2) is 37.5 Å². The predicted octanol–water partition coefficient (Wildman–Crippen LogP) is 3.11. The quantitative estimate of drug-likeness (QED) is 0.730. The van der Waals surface area contributed by atoms with E-state index in [9.17, 15) is 8.42 Å². The summed E-state index contributed by atoms with van der Waals surface area (Å²) in [5.74, 6) is -0.563. The van der Waals surface area contributed by atoms with Gasteiger partial charge in [-0.2, -0.15) is 13.1 Å². The molecule has 1 saturated heterocycles. The molecule has 6 nitrogen and oxygen atoms in total. The van der Waals surface area contributed by atoms with Crippen molar-refractivity contribution in [2.45, 2.75) is 62.9 Å². The van der Waals surface area contributed by atoms with Crippen LogP contribution in [0.1, 0.15) is 44.1 Å². The molecule has 1 saturated carbocycles. The number of hydrogen-bond acceptors (Lipinski definition) is 4. The molecule has 25 heavy (non-hydrogen) atoms. The first-order valence-electron chi connectivity index (χ1n) is 8.68. The maximum Gasteiger partial charge on any atom is 0.333 e. The van der Waals surface area contributed by atoms with E-state index in [0.29, 0.717) is 17.9 Å². The molecular weight excluding hydrogens is 366 g/mol. The van der Waals surface area contributed by atoms with Gasteiger partial charge in [-0.25, -0.2) is 0 Å². The van der Waals surface area contributed by atoms with Crippen molar-refractivity contribution in [2.75, 3.05) is 6.54 Å². The second-order valence-electron chi connectivity index (χ2n) is 6.74. The zero-order valence-electron chi connectivity index (χ0n) is 14.0. The molecule has 0 unspecified atom stereocenters. The summed E-state index contributed by atoms with van der Waals surface area (Å²) in [6.07, 6.45) is 5.61. The summed E-state index contributed by atoms with van der Waals surface area (Å²) in [7, 11) is -4.20. The van der Waals surface area contributed by atoms with E-state index < -0.39 is 16.1 Å². The third-order valence-electron chi connectivity index (χ3n) is 4.85. The molecule has 1 aliphatic carbocycles. The molecule has 2 fully saturated rings. The summed E-state index contributed by atoms with van der Waals surface area (Å²) >= 11 is 6.27. The van der Waals surface area contributed by atoms with Crippen molar-refractivity contribution in [2.24, 2.45) is 0 Å². The summed E-state index contributed by atoms with van der Waals surface area (Å²) in [6.45, 7) is 0.0992. The topological polar surface area (TPSA) is 84.9 Å². The Balaban J connectivity index is 1.70. The lowest BCUT2D eigenvalue weighted by molar-refractivity contribution is -0.194. The van der Waals surface area contributed by atoms with Gasteiger partial charge in [0.25, 0.3) is 0 Å². The van der Waals surface area contributed by atoms with Crippen LogP contribution in [0.15, 0.2) is 24.3 Å². The minimum Gasteiger partial charge on any atom is -0.344 e. The fourth-order valence-corrected chi connectivity index (χ4v) is 4.27. The van der Waals surface area contributed by atoms with Crippen molar-refractivity contribution in [3.63, 3.8) is 0 Å². The molecule has 1 aromatic rings. The standard InChI is InChI=1S/C17H24ClNO5S/c18-14-7-3-2-6-13(14)12-16-15(8-11-19-25(20,21)22)23-17(24-16)9-4-1-5-10-17/h2-3,6-7,15-16,19H,1,4-5,8-12H2,(H,20,21,22)/t15-,16-/m0/s1. The van der Waals surface area contributed by atoms with Gasteiger partial charge in [0, 0.05) is 30.8 Å². The van der Waals surface area contributed by atoms with Gasteiger partial charge in [0.2, 0.25) is 0 Å². The van der Waals surface area contributed by atoms with E-state index in [1.807, 2.05) is 24.3 Å². The van der Waals surface area contributed by atoms with Crippen LogP contribution in [0.3, 0.4) is 0 Å². The van der Waals surface area contributed by atoms with Gasteiger partial charge < -0.3 is 9.47 Å². The molecule has 1 heterocycles. The minimum atomic E-state index is -4.20. The van der Waals surface area contributed by atoms with Crippen LogP contribution in [0.25, 0.3) is 0 Å². The molecule has 0 radical (unpaired) electrons. The van der Waals surface area contributed by atoms with Crippen LogP contribution in [0, 0.1) is 0 Å². The summed E-state index contributed by atoms with van der Waals surface area (Å²) in [6, 6.07) is 7.62. The summed E-state index contributed by atoms with van der Waals surface area (Å²) in [5, 5.41) is 0.686. The Morgan fingerprint density at radius 1 is 1.16 bits per heavy atom. The molecule has 1 spiro atoms. The van der Waals surface area contributed by atoms with Gasteiger partial charge in [0.05, 0.1) is 12.2 Å². The van der Waals surface area contributed by atoms with Gasteiger partial charge >= 0.3 is 10.3 Å². The van der Waals surface area contributed by atoms with Crippen molar-refractivity contribution in [1.82, 2.24) is 4.72 Å². The van der Waals surface area contributed by atoms with Crippen molar-refractivity contribution in [1.29, 1.82) is 0 Å². The number of nitrogens with one attached hydrogen (secondary N) is 1. The van der Waals surface area contributed by atoms with E-state index in [4.69, 9.17) is 25.6 Å². The number of rotatable bonds is 6. The molecule has 1 aliphatic heterocycles. The zero-order valence-corrected chi connectivity index (χ0v) is 15.6. The van der Waals surface area contributed by atoms with E-state index in [-0.39, 0.29) is 18.8 Å². The van der Waals surface area contributed by atoms with Crippen LogP contribution in [0.5, 0.6) is 0 Å². The first-order valence-corrected chi connectivity index (χ1v) is 10.5. The predicted molar refractivity (Wildman–Crippen MR) is 94.9 cm³/mol. The van der Waals surface area contributed by atoms with Crippen molar-refractivity contribution < 1.29 is 22.4 Å². The lowest BCUT2D eigenvalue weighted by atomic mass is 9.94. The monoisotopic (exact) mass is 389 g/mol. The smallest absolute Gasteiger partial charge is 0.333 e. The third-order valence-corrected chi connectivity index (χ3v) is 5.79. The van der Waals surface area contributed by atoms with Gasteiger partial charge in [-0.1, -0.05) is 36.2 Å². The highest BCUT2D eigenvalue weighted by Gasteiger charge is 2.47. The number of benzene rings is 1. The molecule has 8 heteroatoms. The highest BCUT2D eigenvalue weighted by molar-refractivity contribution is 7.83. The summed E-state index contributed by atoms with van der Waals surface area (Å²) in [5.41, 5.74) is 0.985. The molecular formula is C17H24ClNO5S. The van der Waals surface area contributed by atoms with Crippen LogP contribution in [-0.2, 0) is 26.2 Å². The molecule has 0 amide bonds. The van der Waals surface area contributed by atoms with Crippen LogP contribution in [0.2, 0.25) is 5.02 Å². The SMILES string of the molecule is O=S(=O)(O)NCC[C@@H]1OC2(CCCCC2)O[C@H]1Cc1ccccc1Cl. The van der Waals surface area contributed by atoms with Crippen LogP contribution < -0.4 is 4.72 Å². The molecule has 2 atom stereocenters. The van der Waals surface area contributed by atoms with Gasteiger partial charge in [-0.05, 0) is 30.9 Å². The van der Waals surface area contributed by atoms with Gasteiger partial charge in [0.15, 0.2) is 5.79 Å². The van der Waals surface area contributed by atoms with Crippen molar-refractivity contribution in [3.8, 4) is 0 Å². The molecule has 3 rings (SSSR count). The Morgan fingerprint density at radius 3 is 2.52 bits per heavy atom. The number of halogens is 1. The van der Waals surface area contributed by atoms with Gasteiger partial charge in [-0.15, -0.1) is 0 Å². The van der Waals surface area contributed by atoms with E-state index in [1.165, 1.54) is 6.42 Å². The molecule has 2 aliphatic rings. The van der Waals surface area contributed by atoms with Gasteiger partial charge in [-0.3, -0.25) is 4.55 Å². The highest BCUT2D eigenvalue weighted by Crippen LogP contribution is 2.42. The van der Waals surface area contributed by atoms with E-state index >= 15 is 0 Å². The summed E-state index contributed by atoms with van der Waals surface area (Å²) in [4.78, 5) is 0. The molecule has 1 aromatic carbocycles. The first kappa shape index (κ1) is 19.1. The average molecular weight is 390 g/mol. The van der Waals surface area contributed by atoms with Crippen LogP contribution in [0.4, 0.5) is 0 Å². The second-order valence-corrected chi connectivity index (χ2v) is 8.38. The third kappa shape index (κ3) is 5.15. The second kappa shape index (κ2) is 7.90. The zero-order chi connectivity index (χ0) is 17.9. The maximum absolute atomic E-state index is 10.9. The van der Waals surface area contributed by atoms with E-state index in [2.05, 4.69) is 4.72 Å².